The summed E-state index contributed by atoms with van der Waals surface area (Å²) in [5, 5.41) is 8.50. The fraction of sp³-hybridized carbons (Fsp3) is 0.333. The van der Waals surface area contributed by atoms with Gasteiger partial charge in [-0.2, -0.15) is 0 Å². The van der Waals surface area contributed by atoms with Gasteiger partial charge in [-0.25, -0.2) is 0 Å². The average Bonchev–Trinajstić information content (AvgIpc) is 2.06. The first-order valence-corrected chi connectivity index (χ1v) is 6.01. The van der Waals surface area contributed by atoms with Gasteiger partial charge in [-0.1, -0.05) is 46.4 Å². The monoisotopic (exact) mass is 202 g/mol. The minimum Gasteiger partial charge on any atom is -0.395 e. The Morgan fingerprint density at radius 1 is 1.50 bits per heavy atom. The first-order valence-electron chi connectivity index (χ1n) is 3.70. The number of rotatable bonds is 6. The molecule has 0 spiro atoms. The zero-order valence-electron chi connectivity index (χ0n) is 7.19. The quantitative estimate of drug-likeness (QED) is 0.406. The zero-order valence-corrected chi connectivity index (χ0v) is 8.83. The summed E-state index contributed by atoms with van der Waals surface area (Å²) >= 11 is 0. The van der Waals surface area contributed by atoms with Gasteiger partial charge in [0, 0.05) is 10.7 Å². The molecule has 68 valence electrons. The smallest absolute Gasteiger partial charge is 0.0530 e. The highest BCUT2D eigenvalue weighted by Crippen LogP contribution is 2.28. The molecule has 12 heavy (non-hydrogen) atoms. The number of allylic oxidation sites excluding steroid dienone is 4. The van der Waals surface area contributed by atoms with E-state index in [1.807, 2.05) is 31.2 Å². The maximum atomic E-state index is 8.50. The molecule has 1 N–H and O–H groups in total. The predicted molar refractivity (Wildman–Crippen MR) is 60.2 cm³/mol. The molecule has 0 aromatic carbocycles. The molecule has 0 fully saturated rings. The average molecular weight is 202 g/mol. The molecule has 0 atom stereocenters. The second-order valence-corrected chi connectivity index (χ2v) is 4.52. The van der Waals surface area contributed by atoms with Crippen molar-refractivity contribution in [1.29, 1.82) is 0 Å². The van der Waals surface area contributed by atoms with E-state index in [9.17, 15) is 0 Å². The van der Waals surface area contributed by atoms with Crippen molar-refractivity contribution in [2.45, 2.75) is 6.92 Å². The van der Waals surface area contributed by atoms with E-state index in [-0.39, 0.29) is 6.61 Å². The highest BCUT2D eigenvalue weighted by molar-refractivity contribution is 8.78. The van der Waals surface area contributed by atoms with Crippen molar-refractivity contribution in [3.8, 4) is 0 Å². The summed E-state index contributed by atoms with van der Waals surface area (Å²) in [6, 6.07) is 0. The molecule has 0 aromatic heterocycles. The van der Waals surface area contributed by atoms with Crippen LogP contribution < -0.4 is 0 Å². The molecule has 0 unspecified atom stereocenters. The van der Waals surface area contributed by atoms with Crippen molar-refractivity contribution in [3.63, 3.8) is 0 Å². The summed E-state index contributed by atoms with van der Waals surface area (Å²) in [5.74, 6) is 0.751. The van der Waals surface area contributed by atoms with Crippen LogP contribution in [0.25, 0.3) is 0 Å². The summed E-state index contributed by atoms with van der Waals surface area (Å²) in [4.78, 5) is 1.01. The van der Waals surface area contributed by atoms with Crippen molar-refractivity contribution in [3.05, 3.63) is 35.8 Å². The maximum Gasteiger partial charge on any atom is 0.0530 e. The predicted octanol–water partition coefficient (Wildman–Crippen LogP) is 3.01. The Labute approximate surface area is 82.0 Å². The molecule has 0 rings (SSSR count). The fourth-order valence-electron chi connectivity index (χ4n) is 0.456. The van der Waals surface area contributed by atoms with Crippen molar-refractivity contribution < 1.29 is 5.11 Å². The highest BCUT2D eigenvalue weighted by atomic mass is 33.1. The molecule has 0 aromatic rings. The Morgan fingerprint density at radius 2 is 2.25 bits per heavy atom. The molecule has 0 saturated carbocycles. The van der Waals surface area contributed by atoms with Gasteiger partial charge in [0.05, 0.1) is 6.61 Å². The first kappa shape index (κ1) is 11.9. The van der Waals surface area contributed by atoms with Crippen LogP contribution in [0.1, 0.15) is 6.92 Å². The van der Waals surface area contributed by atoms with E-state index in [1.165, 1.54) is 0 Å². The van der Waals surface area contributed by atoms with Gasteiger partial charge in [0.25, 0.3) is 0 Å². The molecule has 0 aliphatic carbocycles. The summed E-state index contributed by atoms with van der Waals surface area (Å²) in [5.41, 5.74) is 0. The van der Waals surface area contributed by atoms with Crippen LogP contribution in [-0.4, -0.2) is 17.5 Å². The van der Waals surface area contributed by atoms with Crippen LogP contribution >= 0.6 is 21.6 Å². The van der Waals surface area contributed by atoms with Crippen LogP contribution in [0, 0.1) is 0 Å². The van der Waals surface area contributed by atoms with Gasteiger partial charge >= 0.3 is 0 Å². The normalized spacial score (nSPS) is 11.5. The van der Waals surface area contributed by atoms with Crippen molar-refractivity contribution in [2.75, 3.05) is 12.4 Å². The number of hydrogen-bond donors (Lipinski definition) is 1. The Balaban J connectivity index is 3.45. The fourth-order valence-corrected chi connectivity index (χ4v) is 1.99. The topological polar surface area (TPSA) is 20.2 Å². The van der Waals surface area contributed by atoms with Gasteiger partial charge in [-0.05, 0) is 13.0 Å². The standard InChI is InChI=1S/C9H14OS2/c1-3-4-5-6-9(2)12-11-8-7-10/h3-6,10H,2,7-8H2,1H3/b4-3-,6-5-. The maximum absolute atomic E-state index is 8.50. The summed E-state index contributed by atoms with van der Waals surface area (Å²) in [7, 11) is 3.20. The van der Waals surface area contributed by atoms with Crippen LogP contribution in [0.3, 0.4) is 0 Å². The molecule has 3 heteroatoms. The van der Waals surface area contributed by atoms with Gasteiger partial charge in [-0.3, -0.25) is 0 Å². The first-order chi connectivity index (χ1) is 5.81. The van der Waals surface area contributed by atoms with E-state index in [0.717, 1.165) is 10.7 Å². The molecule has 0 aliphatic rings. The van der Waals surface area contributed by atoms with E-state index in [0.29, 0.717) is 0 Å². The van der Waals surface area contributed by atoms with E-state index in [4.69, 9.17) is 5.11 Å². The Bertz CT molecular complexity index is 173. The third-order valence-electron chi connectivity index (χ3n) is 0.926. The Morgan fingerprint density at radius 3 is 2.83 bits per heavy atom. The van der Waals surface area contributed by atoms with E-state index >= 15 is 0 Å². The lowest BCUT2D eigenvalue weighted by Crippen LogP contribution is -1.81. The van der Waals surface area contributed by atoms with Gasteiger partial charge < -0.3 is 5.11 Å². The van der Waals surface area contributed by atoms with Gasteiger partial charge in [0.15, 0.2) is 0 Å². The van der Waals surface area contributed by atoms with Crippen LogP contribution in [0.15, 0.2) is 35.8 Å². The molecule has 1 nitrogen and oxygen atoms in total. The van der Waals surface area contributed by atoms with Crippen LogP contribution in [0.5, 0.6) is 0 Å². The molecular weight excluding hydrogens is 188 g/mol. The van der Waals surface area contributed by atoms with Gasteiger partial charge in [-0.15, -0.1) is 0 Å². The molecule has 0 saturated heterocycles. The van der Waals surface area contributed by atoms with Gasteiger partial charge in [0.2, 0.25) is 0 Å². The third-order valence-corrected chi connectivity index (χ3v) is 3.24. The third kappa shape index (κ3) is 7.98. The zero-order chi connectivity index (χ0) is 9.23. The molecule has 0 radical (unpaired) electrons. The Hall–Kier alpha value is -0.120. The molecule has 0 bridgehead atoms. The SMILES string of the molecule is C=C(/C=C\C=C/C)SSCCO. The molecular formula is C9H14OS2. The summed E-state index contributed by atoms with van der Waals surface area (Å²) in [6.45, 7) is 6.04. The lowest BCUT2D eigenvalue weighted by atomic mass is 10.4. The van der Waals surface area contributed by atoms with E-state index in [2.05, 4.69) is 6.58 Å². The second kappa shape index (κ2) is 8.97. The van der Waals surface area contributed by atoms with Crippen LogP contribution in [0.2, 0.25) is 0 Å². The molecule has 0 aliphatic heterocycles. The second-order valence-electron chi connectivity index (χ2n) is 1.98. The van der Waals surface area contributed by atoms with E-state index in [1.54, 1.807) is 21.6 Å². The number of aliphatic hydroxyl groups is 1. The molecule has 0 amide bonds. The number of aliphatic hydroxyl groups excluding tert-OH is 1. The van der Waals surface area contributed by atoms with Crippen LogP contribution in [-0.2, 0) is 0 Å². The summed E-state index contributed by atoms with van der Waals surface area (Å²) in [6.07, 6.45) is 7.83. The highest BCUT2D eigenvalue weighted by Gasteiger charge is 1.89. The van der Waals surface area contributed by atoms with E-state index < -0.39 is 0 Å². The van der Waals surface area contributed by atoms with Crippen molar-refractivity contribution in [2.24, 2.45) is 0 Å². The minimum absolute atomic E-state index is 0.226. The van der Waals surface area contributed by atoms with Gasteiger partial charge in [0.1, 0.15) is 0 Å². The lowest BCUT2D eigenvalue weighted by Gasteiger charge is -1.96. The largest absolute Gasteiger partial charge is 0.395 e. The molecule has 0 heterocycles. The minimum atomic E-state index is 0.226. The summed E-state index contributed by atoms with van der Waals surface area (Å²) < 4.78 is 0. The van der Waals surface area contributed by atoms with Crippen molar-refractivity contribution in [1.82, 2.24) is 0 Å². The Kier molecular flexibility index (Phi) is 8.88. The number of hydrogen-bond acceptors (Lipinski definition) is 3. The van der Waals surface area contributed by atoms with Crippen LogP contribution in [0.4, 0.5) is 0 Å². The van der Waals surface area contributed by atoms with Crippen molar-refractivity contribution >= 4 is 21.6 Å². The lowest BCUT2D eigenvalue weighted by molar-refractivity contribution is 0.323.